The van der Waals surface area contributed by atoms with Crippen LogP contribution < -0.4 is 4.72 Å². The first-order chi connectivity index (χ1) is 7.38. The Bertz CT molecular complexity index is 311. The summed E-state index contributed by atoms with van der Waals surface area (Å²) >= 11 is 0. The molecule has 0 amide bonds. The van der Waals surface area contributed by atoms with Gasteiger partial charge in [0.2, 0.25) is 0 Å². The average Bonchev–Trinajstić information content (AvgIpc) is 2.19. The average molecular weight is 252 g/mol. The van der Waals surface area contributed by atoms with Crippen molar-refractivity contribution in [3.63, 3.8) is 0 Å². The van der Waals surface area contributed by atoms with Gasteiger partial charge in [0, 0.05) is 19.6 Å². The van der Waals surface area contributed by atoms with Crippen LogP contribution in [-0.2, 0) is 15.0 Å². The number of rotatable bonds is 8. The molecule has 0 aliphatic rings. The molecule has 0 radical (unpaired) electrons. The molecule has 0 fully saturated rings. The Hall–Kier alpha value is -0.660. The second kappa shape index (κ2) is 6.82. The summed E-state index contributed by atoms with van der Waals surface area (Å²) in [5.41, 5.74) is 0. The van der Waals surface area contributed by atoms with Crippen molar-refractivity contribution in [1.29, 1.82) is 0 Å². The Labute approximate surface area is 96.8 Å². The van der Waals surface area contributed by atoms with E-state index in [9.17, 15) is 13.2 Å². The van der Waals surface area contributed by atoms with Gasteiger partial charge in [0.1, 0.15) is 0 Å². The maximum absolute atomic E-state index is 11.7. The highest BCUT2D eigenvalue weighted by molar-refractivity contribution is 7.87. The van der Waals surface area contributed by atoms with E-state index in [0.29, 0.717) is 19.5 Å². The predicted molar refractivity (Wildman–Crippen MR) is 61.3 cm³/mol. The molecule has 1 unspecified atom stereocenters. The Morgan fingerprint density at radius 3 is 2.12 bits per heavy atom. The van der Waals surface area contributed by atoms with E-state index in [2.05, 4.69) is 4.72 Å². The molecule has 16 heavy (non-hydrogen) atoms. The summed E-state index contributed by atoms with van der Waals surface area (Å²) in [4.78, 5) is 10.7. The lowest BCUT2D eigenvalue weighted by Crippen LogP contribution is -2.43. The summed E-state index contributed by atoms with van der Waals surface area (Å²) in [6, 6.07) is 0. The number of carboxylic acid groups (broad SMARTS) is 1. The highest BCUT2D eigenvalue weighted by Crippen LogP contribution is 2.03. The van der Waals surface area contributed by atoms with Gasteiger partial charge in [0.25, 0.3) is 10.2 Å². The smallest absolute Gasteiger partial charge is 0.307 e. The van der Waals surface area contributed by atoms with E-state index in [4.69, 9.17) is 5.11 Å². The summed E-state index contributed by atoms with van der Waals surface area (Å²) < 4.78 is 26.9. The van der Waals surface area contributed by atoms with Crippen LogP contribution in [0.1, 0.15) is 27.2 Å². The molecule has 96 valence electrons. The fourth-order valence-corrected chi connectivity index (χ4v) is 2.54. The third-order valence-electron chi connectivity index (χ3n) is 2.40. The molecule has 2 N–H and O–H groups in total. The fourth-order valence-electron chi connectivity index (χ4n) is 1.27. The van der Waals surface area contributed by atoms with Gasteiger partial charge in [-0.3, -0.25) is 4.79 Å². The lowest BCUT2D eigenvalue weighted by Gasteiger charge is -2.20. The highest BCUT2D eigenvalue weighted by Gasteiger charge is 2.22. The minimum atomic E-state index is -3.54. The molecule has 0 aromatic carbocycles. The number of hydrogen-bond donors (Lipinski definition) is 2. The molecule has 0 aliphatic heterocycles. The number of nitrogens with one attached hydrogen (secondary N) is 1. The summed E-state index contributed by atoms with van der Waals surface area (Å²) in [7, 11) is -3.54. The standard InChI is InChI=1S/C9H20N2O4S/c1-4-8(9(12)13)7-10-16(14,15)11(5-2)6-3/h8,10H,4-7H2,1-3H3,(H,12,13). The fraction of sp³-hybridized carbons (Fsp3) is 0.889. The van der Waals surface area contributed by atoms with Gasteiger partial charge in [-0.15, -0.1) is 0 Å². The maximum atomic E-state index is 11.7. The van der Waals surface area contributed by atoms with E-state index in [1.54, 1.807) is 20.8 Å². The molecular formula is C9H20N2O4S. The molecule has 0 aliphatic carbocycles. The third-order valence-corrected chi connectivity index (χ3v) is 4.13. The van der Waals surface area contributed by atoms with Gasteiger partial charge < -0.3 is 5.11 Å². The van der Waals surface area contributed by atoms with Crippen LogP contribution >= 0.6 is 0 Å². The van der Waals surface area contributed by atoms with Crippen LogP contribution in [0.25, 0.3) is 0 Å². The van der Waals surface area contributed by atoms with Gasteiger partial charge in [-0.1, -0.05) is 20.8 Å². The van der Waals surface area contributed by atoms with Crippen LogP contribution in [-0.4, -0.2) is 43.4 Å². The van der Waals surface area contributed by atoms with Crippen LogP contribution in [0, 0.1) is 5.92 Å². The summed E-state index contributed by atoms with van der Waals surface area (Å²) in [5.74, 6) is -1.66. The molecule has 6 nitrogen and oxygen atoms in total. The Morgan fingerprint density at radius 1 is 1.31 bits per heavy atom. The first-order valence-electron chi connectivity index (χ1n) is 5.36. The zero-order valence-electron chi connectivity index (χ0n) is 9.93. The van der Waals surface area contributed by atoms with Crippen molar-refractivity contribution < 1.29 is 18.3 Å². The quantitative estimate of drug-likeness (QED) is 0.649. The normalized spacial score (nSPS) is 14.0. The number of carbonyl (C=O) groups is 1. The summed E-state index contributed by atoms with van der Waals surface area (Å²) in [6.07, 6.45) is 0.399. The minimum Gasteiger partial charge on any atom is -0.481 e. The van der Waals surface area contributed by atoms with Crippen LogP contribution in [0.4, 0.5) is 0 Å². The SMILES string of the molecule is CCC(CNS(=O)(=O)N(CC)CC)C(=O)O. The van der Waals surface area contributed by atoms with Crippen molar-refractivity contribution in [2.24, 2.45) is 5.92 Å². The van der Waals surface area contributed by atoms with E-state index in [1.165, 1.54) is 4.31 Å². The molecule has 0 aromatic heterocycles. The Morgan fingerprint density at radius 2 is 1.81 bits per heavy atom. The van der Waals surface area contributed by atoms with E-state index in [0.717, 1.165) is 0 Å². The molecule has 0 rings (SSSR count). The van der Waals surface area contributed by atoms with Gasteiger partial charge in [0.05, 0.1) is 5.92 Å². The minimum absolute atomic E-state index is 0.0648. The molecule has 0 heterocycles. The third kappa shape index (κ3) is 4.46. The van der Waals surface area contributed by atoms with Crippen LogP contribution in [0.15, 0.2) is 0 Å². The molecule has 7 heteroatoms. The van der Waals surface area contributed by atoms with E-state index in [1.807, 2.05) is 0 Å². The number of nitrogens with zero attached hydrogens (tertiary/aromatic N) is 1. The van der Waals surface area contributed by atoms with Crippen molar-refractivity contribution in [3.8, 4) is 0 Å². The van der Waals surface area contributed by atoms with Gasteiger partial charge in [-0.2, -0.15) is 12.7 Å². The summed E-state index contributed by atoms with van der Waals surface area (Å²) in [6.45, 7) is 5.86. The molecule has 0 saturated carbocycles. The lowest BCUT2D eigenvalue weighted by molar-refractivity contribution is -0.141. The van der Waals surface area contributed by atoms with Gasteiger partial charge in [-0.05, 0) is 6.42 Å². The van der Waals surface area contributed by atoms with Crippen LogP contribution in [0.5, 0.6) is 0 Å². The molecular weight excluding hydrogens is 232 g/mol. The first kappa shape index (κ1) is 15.3. The Kier molecular flexibility index (Phi) is 6.54. The number of carboxylic acids is 1. The zero-order valence-corrected chi connectivity index (χ0v) is 10.7. The summed E-state index contributed by atoms with van der Waals surface area (Å²) in [5, 5.41) is 8.77. The molecule has 0 spiro atoms. The largest absolute Gasteiger partial charge is 0.481 e. The number of aliphatic carboxylic acids is 1. The van der Waals surface area contributed by atoms with Gasteiger partial charge >= 0.3 is 5.97 Å². The molecule has 0 aromatic rings. The van der Waals surface area contributed by atoms with Crippen molar-refractivity contribution in [2.45, 2.75) is 27.2 Å². The topological polar surface area (TPSA) is 86.7 Å². The first-order valence-corrected chi connectivity index (χ1v) is 6.80. The van der Waals surface area contributed by atoms with Crippen molar-refractivity contribution in [2.75, 3.05) is 19.6 Å². The van der Waals surface area contributed by atoms with Crippen molar-refractivity contribution >= 4 is 16.2 Å². The monoisotopic (exact) mass is 252 g/mol. The Balaban J connectivity index is 4.43. The van der Waals surface area contributed by atoms with E-state index < -0.39 is 22.1 Å². The maximum Gasteiger partial charge on any atom is 0.307 e. The van der Waals surface area contributed by atoms with Crippen LogP contribution in [0.2, 0.25) is 0 Å². The lowest BCUT2D eigenvalue weighted by atomic mass is 10.1. The van der Waals surface area contributed by atoms with Gasteiger partial charge in [-0.25, -0.2) is 4.72 Å². The second-order valence-electron chi connectivity index (χ2n) is 3.38. The van der Waals surface area contributed by atoms with E-state index in [-0.39, 0.29) is 6.54 Å². The molecule has 1 atom stereocenters. The van der Waals surface area contributed by atoms with Crippen molar-refractivity contribution in [1.82, 2.24) is 9.03 Å². The number of hydrogen-bond acceptors (Lipinski definition) is 3. The molecule has 0 saturated heterocycles. The molecule has 0 bridgehead atoms. The zero-order chi connectivity index (χ0) is 12.8. The van der Waals surface area contributed by atoms with E-state index >= 15 is 0 Å². The van der Waals surface area contributed by atoms with Crippen LogP contribution in [0.3, 0.4) is 0 Å². The highest BCUT2D eigenvalue weighted by atomic mass is 32.2. The van der Waals surface area contributed by atoms with Crippen molar-refractivity contribution in [3.05, 3.63) is 0 Å². The second-order valence-corrected chi connectivity index (χ2v) is 5.14. The van der Waals surface area contributed by atoms with Gasteiger partial charge in [0.15, 0.2) is 0 Å². The predicted octanol–water partition coefficient (Wildman–Crippen LogP) is 0.273.